The van der Waals surface area contributed by atoms with Gasteiger partial charge in [-0.3, -0.25) is 4.99 Å². The molecule has 2 N–H and O–H groups in total. The summed E-state index contributed by atoms with van der Waals surface area (Å²) >= 11 is 1.91. The largest absolute Gasteiger partial charge is 0.378 e. The van der Waals surface area contributed by atoms with Gasteiger partial charge in [-0.05, 0) is 62.3 Å². The van der Waals surface area contributed by atoms with E-state index >= 15 is 0 Å². The lowest BCUT2D eigenvalue weighted by Crippen LogP contribution is -2.37. The first-order valence-corrected chi connectivity index (χ1v) is 10.3. The second-order valence-corrected chi connectivity index (χ2v) is 7.04. The van der Waals surface area contributed by atoms with Gasteiger partial charge >= 0.3 is 0 Å². The predicted octanol–water partition coefficient (Wildman–Crippen LogP) is 4.00. The van der Waals surface area contributed by atoms with Crippen molar-refractivity contribution in [3.63, 3.8) is 0 Å². The molecular formula is C19H35IN4S. The SMILES string of the molecule is CCNC(=NCCCc1ccc(N(C)C)cc1)NCCCCSC.I. The number of benzene rings is 1. The molecule has 6 heteroatoms. The summed E-state index contributed by atoms with van der Waals surface area (Å²) in [5.41, 5.74) is 2.63. The molecule has 0 amide bonds. The van der Waals surface area contributed by atoms with Crippen LogP contribution in [0.25, 0.3) is 0 Å². The Labute approximate surface area is 175 Å². The van der Waals surface area contributed by atoms with Crippen molar-refractivity contribution in [1.29, 1.82) is 0 Å². The summed E-state index contributed by atoms with van der Waals surface area (Å²) in [5.74, 6) is 2.19. The van der Waals surface area contributed by atoms with E-state index in [0.717, 1.165) is 38.4 Å². The summed E-state index contributed by atoms with van der Waals surface area (Å²) in [6.45, 7) is 4.87. The molecule has 0 aromatic heterocycles. The monoisotopic (exact) mass is 478 g/mol. The topological polar surface area (TPSA) is 39.7 Å². The lowest BCUT2D eigenvalue weighted by molar-refractivity contribution is 0.729. The number of aryl methyl sites for hydroxylation is 1. The molecule has 0 radical (unpaired) electrons. The number of nitrogens with one attached hydrogen (secondary N) is 2. The Morgan fingerprint density at radius 3 is 2.40 bits per heavy atom. The summed E-state index contributed by atoms with van der Waals surface area (Å²) in [7, 11) is 4.14. The van der Waals surface area contributed by atoms with Crippen LogP contribution in [0.3, 0.4) is 0 Å². The summed E-state index contributed by atoms with van der Waals surface area (Å²) in [6, 6.07) is 8.79. The van der Waals surface area contributed by atoms with Crippen molar-refractivity contribution in [2.75, 3.05) is 50.6 Å². The fourth-order valence-corrected chi connectivity index (χ4v) is 2.85. The zero-order valence-electron chi connectivity index (χ0n) is 16.2. The summed E-state index contributed by atoms with van der Waals surface area (Å²) in [4.78, 5) is 6.80. The zero-order valence-corrected chi connectivity index (χ0v) is 19.3. The van der Waals surface area contributed by atoms with Crippen molar-refractivity contribution in [1.82, 2.24) is 10.6 Å². The number of nitrogens with zero attached hydrogens (tertiary/aromatic N) is 2. The van der Waals surface area contributed by atoms with Crippen LogP contribution < -0.4 is 15.5 Å². The number of thioether (sulfide) groups is 1. The fourth-order valence-electron chi connectivity index (χ4n) is 2.35. The second kappa shape index (κ2) is 15.6. The quantitative estimate of drug-likeness (QED) is 0.218. The number of aliphatic imine (C=N–C) groups is 1. The zero-order chi connectivity index (χ0) is 17.6. The van der Waals surface area contributed by atoms with Gasteiger partial charge in [-0.2, -0.15) is 11.8 Å². The van der Waals surface area contributed by atoms with E-state index in [4.69, 9.17) is 0 Å². The molecule has 0 aliphatic carbocycles. The Kier molecular flexibility index (Phi) is 15.2. The maximum absolute atomic E-state index is 4.67. The summed E-state index contributed by atoms with van der Waals surface area (Å²) < 4.78 is 0. The van der Waals surface area contributed by atoms with Gasteiger partial charge in [0.1, 0.15) is 0 Å². The summed E-state index contributed by atoms with van der Waals surface area (Å²) in [6.07, 6.45) is 6.77. The van der Waals surface area contributed by atoms with Gasteiger partial charge in [-0.15, -0.1) is 24.0 Å². The van der Waals surface area contributed by atoms with Gasteiger partial charge in [0.15, 0.2) is 5.96 Å². The van der Waals surface area contributed by atoms with Crippen molar-refractivity contribution >= 4 is 47.4 Å². The third kappa shape index (κ3) is 11.6. The molecule has 1 aromatic rings. The van der Waals surface area contributed by atoms with E-state index in [2.05, 4.69) is 72.1 Å². The average molecular weight is 478 g/mol. The minimum Gasteiger partial charge on any atom is -0.378 e. The van der Waals surface area contributed by atoms with E-state index in [9.17, 15) is 0 Å². The molecule has 0 aliphatic heterocycles. The Morgan fingerprint density at radius 2 is 1.80 bits per heavy atom. The lowest BCUT2D eigenvalue weighted by Gasteiger charge is -2.13. The molecule has 4 nitrogen and oxygen atoms in total. The van der Waals surface area contributed by atoms with Crippen molar-refractivity contribution in [3.8, 4) is 0 Å². The molecule has 25 heavy (non-hydrogen) atoms. The molecule has 1 aromatic carbocycles. The first kappa shape index (κ1) is 24.4. The Balaban J connectivity index is 0.00000576. The van der Waals surface area contributed by atoms with Gasteiger partial charge in [-0.25, -0.2) is 0 Å². The van der Waals surface area contributed by atoms with Gasteiger partial charge < -0.3 is 15.5 Å². The normalized spacial score (nSPS) is 11.0. The molecule has 0 fully saturated rings. The highest BCUT2D eigenvalue weighted by Crippen LogP contribution is 2.13. The molecular weight excluding hydrogens is 443 g/mol. The number of guanidine groups is 1. The molecule has 1 rings (SSSR count). The van der Waals surface area contributed by atoms with Crippen LogP contribution >= 0.6 is 35.7 Å². The van der Waals surface area contributed by atoms with E-state index in [0.29, 0.717) is 0 Å². The first-order chi connectivity index (χ1) is 11.7. The molecule has 0 saturated carbocycles. The first-order valence-electron chi connectivity index (χ1n) is 8.94. The van der Waals surface area contributed by atoms with Crippen molar-refractivity contribution in [2.45, 2.75) is 32.6 Å². The molecule has 144 valence electrons. The highest BCUT2D eigenvalue weighted by molar-refractivity contribution is 14.0. The Bertz CT molecular complexity index is 463. The van der Waals surface area contributed by atoms with E-state index in [1.165, 1.54) is 29.8 Å². The van der Waals surface area contributed by atoms with Gasteiger partial charge in [0, 0.05) is 39.4 Å². The van der Waals surface area contributed by atoms with Crippen LogP contribution in [0.5, 0.6) is 0 Å². The highest BCUT2D eigenvalue weighted by Gasteiger charge is 1.98. The van der Waals surface area contributed by atoms with Crippen molar-refractivity contribution < 1.29 is 0 Å². The maximum Gasteiger partial charge on any atom is 0.191 e. The number of rotatable bonds is 11. The van der Waals surface area contributed by atoms with Crippen molar-refractivity contribution in [2.24, 2.45) is 4.99 Å². The van der Waals surface area contributed by atoms with Crippen LogP contribution in [-0.4, -0.2) is 51.7 Å². The number of halogens is 1. The van der Waals surface area contributed by atoms with Gasteiger partial charge in [0.25, 0.3) is 0 Å². The lowest BCUT2D eigenvalue weighted by atomic mass is 10.1. The Morgan fingerprint density at radius 1 is 1.08 bits per heavy atom. The van der Waals surface area contributed by atoms with Crippen LogP contribution in [-0.2, 0) is 6.42 Å². The fraction of sp³-hybridized carbons (Fsp3) is 0.632. The van der Waals surface area contributed by atoms with Crippen molar-refractivity contribution in [3.05, 3.63) is 29.8 Å². The van der Waals surface area contributed by atoms with Crippen LogP contribution in [0.2, 0.25) is 0 Å². The number of unbranched alkanes of at least 4 members (excludes halogenated alkanes) is 1. The minimum atomic E-state index is 0. The van der Waals surface area contributed by atoms with Crippen LogP contribution in [0.15, 0.2) is 29.3 Å². The molecule has 0 spiro atoms. The van der Waals surface area contributed by atoms with Crippen LogP contribution in [0.4, 0.5) is 5.69 Å². The average Bonchev–Trinajstić information content (AvgIpc) is 2.58. The van der Waals surface area contributed by atoms with E-state index in [-0.39, 0.29) is 24.0 Å². The molecule has 0 unspecified atom stereocenters. The minimum absolute atomic E-state index is 0. The summed E-state index contributed by atoms with van der Waals surface area (Å²) in [5, 5.41) is 6.74. The third-order valence-corrected chi connectivity index (χ3v) is 4.46. The number of anilines is 1. The van der Waals surface area contributed by atoms with Crippen LogP contribution in [0, 0.1) is 0 Å². The van der Waals surface area contributed by atoms with Gasteiger partial charge in [-0.1, -0.05) is 12.1 Å². The standard InChI is InChI=1S/C19H34N4S.HI/c1-5-20-19(21-14-6-7-16-24-4)22-15-8-9-17-10-12-18(13-11-17)23(2)3;/h10-13H,5-9,14-16H2,1-4H3,(H2,20,21,22);1H. The predicted molar refractivity (Wildman–Crippen MR) is 126 cm³/mol. The van der Waals surface area contributed by atoms with Gasteiger partial charge in [0.2, 0.25) is 0 Å². The molecule has 0 atom stereocenters. The van der Waals surface area contributed by atoms with E-state index < -0.39 is 0 Å². The van der Waals surface area contributed by atoms with E-state index in [1.54, 1.807) is 0 Å². The molecule has 0 saturated heterocycles. The molecule has 0 bridgehead atoms. The third-order valence-electron chi connectivity index (χ3n) is 3.76. The van der Waals surface area contributed by atoms with Gasteiger partial charge in [0.05, 0.1) is 0 Å². The second-order valence-electron chi connectivity index (χ2n) is 6.05. The number of hydrogen-bond acceptors (Lipinski definition) is 3. The van der Waals surface area contributed by atoms with Crippen LogP contribution in [0.1, 0.15) is 31.7 Å². The maximum atomic E-state index is 4.67. The highest BCUT2D eigenvalue weighted by atomic mass is 127. The molecule has 0 aliphatic rings. The molecule has 0 heterocycles. The Hall–Kier alpha value is -0.630. The smallest absolute Gasteiger partial charge is 0.191 e. The number of hydrogen-bond donors (Lipinski definition) is 2. The van der Waals surface area contributed by atoms with E-state index in [1.807, 2.05) is 11.8 Å².